The lowest BCUT2D eigenvalue weighted by Crippen LogP contribution is -2.39. The quantitative estimate of drug-likeness (QED) is 0.745. The Morgan fingerprint density at radius 2 is 2.13 bits per heavy atom. The van der Waals surface area contributed by atoms with Gasteiger partial charge in [-0.3, -0.25) is 10.7 Å². The van der Waals surface area contributed by atoms with Crippen LogP contribution >= 0.6 is 0 Å². The molecule has 1 heterocycles. The molecule has 1 aliphatic heterocycles. The Labute approximate surface area is 88.9 Å². The SMILES string of the molecule is NCc1ccccc1N1C=CC=NC1N. The number of rotatable bonds is 2. The average molecular weight is 202 g/mol. The lowest BCUT2D eigenvalue weighted by Gasteiger charge is -2.28. The number of hydrogen-bond acceptors (Lipinski definition) is 4. The Morgan fingerprint density at radius 3 is 2.87 bits per heavy atom. The van der Waals surface area contributed by atoms with Gasteiger partial charge in [0.15, 0.2) is 6.29 Å². The van der Waals surface area contributed by atoms with Crippen LogP contribution < -0.4 is 16.4 Å². The molecule has 0 amide bonds. The van der Waals surface area contributed by atoms with Gasteiger partial charge in [-0.2, -0.15) is 0 Å². The Kier molecular flexibility index (Phi) is 2.80. The van der Waals surface area contributed by atoms with Crippen LogP contribution in [0.3, 0.4) is 0 Å². The van der Waals surface area contributed by atoms with Crippen molar-refractivity contribution in [3.05, 3.63) is 42.1 Å². The molecular weight excluding hydrogens is 188 g/mol. The molecular formula is C11H14N4. The van der Waals surface area contributed by atoms with Gasteiger partial charge in [-0.15, -0.1) is 0 Å². The summed E-state index contributed by atoms with van der Waals surface area (Å²) in [5.41, 5.74) is 13.6. The molecule has 1 unspecified atom stereocenters. The van der Waals surface area contributed by atoms with Crippen molar-refractivity contribution < 1.29 is 0 Å². The molecule has 1 aromatic carbocycles. The minimum atomic E-state index is -0.359. The fraction of sp³-hybridized carbons (Fsp3) is 0.182. The van der Waals surface area contributed by atoms with E-state index in [1.165, 1.54) is 0 Å². The zero-order valence-corrected chi connectivity index (χ0v) is 8.38. The highest BCUT2D eigenvalue weighted by atomic mass is 15.3. The number of allylic oxidation sites excluding steroid dienone is 1. The Hall–Kier alpha value is -1.65. The van der Waals surface area contributed by atoms with E-state index in [9.17, 15) is 0 Å². The molecule has 0 saturated carbocycles. The largest absolute Gasteiger partial charge is 0.326 e. The van der Waals surface area contributed by atoms with Gasteiger partial charge in [-0.1, -0.05) is 18.2 Å². The lowest BCUT2D eigenvalue weighted by molar-refractivity contribution is 0.707. The van der Waals surface area contributed by atoms with Crippen molar-refractivity contribution in [2.24, 2.45) is 16.5 Å². The van der Waals surface area contributed by atoms with E-state index in [2.05, 4.69) is 4.99 Å². The molecule has 2 rings (SSSR count). The van der Waals surface area contributed by atoms with E-state index in [0.717, 1.165) is 11.3 Å². The van der Waals surface area contributed by atoms with E-state index >= 15 is 0 Å². The maximum atomic E-state index is 5.87. The van der Waals surface area contributed by atoms with Crippen LogP contribution in [0.1, 0.15) is 5.56 Å². The zero-order chi connectivity index (χ0) is 10.7. The van der Waals surface area contributed by atoms with Gasteiger partial charge < -0.3 is 10.6 Å². The molecule has 78 valence electrons. The summed E-state index contributed by atoms with van der Waals surface area (Å²) in [5, 5.41) is 0. The minimum Gasteiger partial charge on any atom is -0.326 e. The molecule has 0 aliphatic carbocycles. The van der Waals surface area contributed by atoms with Crippen LogP contribution in [0.4, 0.5) is 5.69 Å². The second kappa shape index (κ2) is 4.25. The topological polar surface area (TPSA) is 67.6 Å². The number of benzene rings is 1. The zero-order valence-electron chi connectivity index (χ0n) is 8.38. The number of nitrogens with two attached hydrogens (primary N) is 2. The summed E-state index contributed by atoms with van der Waals surface area (Å²) in [6.07, 6.45) is 5.11. The predicted octanol–water partition coefficient (Wildman–Crippen LogP) is 0.792. The highest BCUT2D eigenvalue weighted by Crippen LogP contribution is 2.22. The smallest absolute Gasteiger partial charge is 0.177 e. The van der Waals surface area contributed by atoms with E-state index in [1.54, 1.807) is 6.21 Å². The number of nitrogens with zero attached hydrogens (tertiary/aromatic N) is 2. The second-order valence-electron chi connectivity index (χ2n) is 3.29. The standard InChI is InChI=1S/C11H14N4/c12-8-9-4-1-2-5-10(9)15-7-3-6-14-11(15)13/h1-7,11H,8,12-13H2. The van der Waals surface area contributed by atoms with Crippen LogP contribution in [0.25, 0.3) is 0 Å². The van der Waals surface area contributed by atoms with Crippen molar-refractivity contribution in [2.45, 2.75) is 12.8 Å². The molecule has 4 nitrogen and oxygen atoms in total. The maximum Gasteiger partial charge on any atom is 0.177 e. The van der Waals surface area contributed by atoms with Gasteiger partial charge in [-0.25, -0.2) is 0 Å². The number of hydrogen-bond donors (Lipinski definition) is 2. The first-order valence-corrected chi connectivity index (χ1v) is 4.85. The lowest BCUT2D eigenvalue weighted by atomic mass is 10.1. The molecule has 1 aromatic rings. The summed E-state index contributed by atoms with van der Waals surface area (Å²) < 4.78 is 0. The Balaban J connectivity index is 2.36. The first-order valence-electron chi connectivity index (χ1n) is 4.85. The molecule has 4 heteroatoms. The van der Waals surface area contributed by atoms with Crippen LogP contribution in [0.15, 0.2) is 41.5 Å². The fourth-order valence-corrected chi connectivity index (χ4v) is 1.59. The number of para-hydroxylation sites is 1. The van der Waals surface area contributed by atoms with Crippen LogP contribution in [0.5, 0.6) is 0 Å². The number of aliphatic imine (C=N–C) groups is 1. The van der Waals surface area contributed by atoms with Crippen molar-refractivity contribution in [3.63, 3.8) is 0 Å². The van der Waals surface area contributed by atoms with Crippen molar-refractivity contribution >= 4 is 11.9 Å². The summed E-state index contributed by atoms with van der Waals surface area (Å²) in [4.78, 5) is 6.02. The molecule has 0 aromatic heterocycles. The summed E-state index contributed by atoms with van der Waals surface area (Å²) in [7, 11) is 0. The van der Waals surface area contributed by atoms with E-state index in [0.29, 0.717) is 6.54 Å². The molecule has 1 atom stereocenters. The third-order valence-corrected chi connectivity index (χ3v) is 2.35. The van der Waals surface area contributed by atoms with Crippen LogP contribution in [-0.2, 0) is 6.54 Å². The predicted molar refractivity (Wildman–Crippen MR) is 62.4 cm³/mol. The number of anilines is 1. The van der Waals surface area contributed by atoms with Gasteiger partial charge >= 0.3 is 0 Å². The van der Waals surface area contributed by atoms with Gasteiger partial charge in [0.05, 0.1) is 0 Å². The summed E-state index contributed by atoms with van der Waals surface area (Å²) >= 11 is 0. The molecule has 15 heavy (non-hydrogen) atoms. The van der Waals surface area contributed by atoms with Crippen LogP contribution in [-0.4, -0.2) is 12.5 Å². The second-order valence-corrected chi connectivity index (χ2v) is 3.29. The maximum absolute atomic E-state index is 5.87. The highest BCUT2D eigenvalue weighted by molar-refractivity contribution is 5.75. The summed E-state index contributed by atoms with van der Waals surface area (Å²) in [5.74, 6) is 0. The van der Waals surface area contributed by atoms with Crippen molar-refractivity contribution in [1.82, 2.24) is 0 Å². The van der Waals surface area contributed by atoms with E-state index < -0.39 is 0 Å². The van der Waals surface area contributed by atoms with Gasteiger partial charge in [0.2, 0.25) is 0 Å². The Morgan fingerprint density at radius 1 is 1.33 bits per heavy atom. The summed E-state index contributed by atoms with van der Waals surface area (Å²) in [6.45, 7) is 0.497. The molecule has 4 N–H and O–H groups in total. The van der Waals surface area contributed by atoms with Gasteiger partial charge in [0.1, 0.15) is 0 Å². The molecule has 0 spiro atoms. The summed E-state index contributed by atoms with van der Waals surface area (Å²) in [6, 6.07) is 7.92. The van der Waals surface area contributed by atoms with Gasteiger partial charge in [0.25, 0.3) is 0 Å². The molecule has 0 fully saturated rings. The van der Waals surface area contributed by atoms with Gasteiger partial charge in [0, 0.05) is 24.6 Å². The molecule has 1 aliphatic rings. The fourth-order valence-electron chi connectivity index (χ4n) is 1.59. The average Bonchev–Trinajstić information content (AvgIpc) is 2.30. The minimum absolute atomic E-state index is 0.359. The molecule has 0 saturated heterocycles. The van der Waals surface area contributed by atoms with E-state index in [-0.39, 0.29) is 6.29 Å². The third-order valence-electron chi connectivity index (χ3n) is 2.35. The van der Waals surface area contributed by atoms with E-state index in [1.807, 2.05) is 41.4 Å². The third kappa shape index (κ3) is 1.91. The first-order chi connectivity index (χ1) is 7.33. The van der Waals surface area contributed by atoms with Crippen molar-refractivity contribution in [2.75, 3.05) is 4.90 Å². The first kappa shape index (κ1) is 9.89. The molecule has 0 bridgehead atoms. The van der Waals surface area contributed by atoms with Crippen molar-refractivity contribution in [3.8, 4) is 0 Å². The van der Waals surface area contributed by atoms with Crippen LogP contribution in [0.2, 0.25) is 0 Å². The molecule has 0 radical (unpaired) electrons. The van der Waals surface area contributed by atoms with E-state index in [4.69, 9.17) is 11.5 Å². The monoisotopic (exact) mass is 202 g/mol. The highest BCUT2D eigenvalue weighted by Gasteiger charge is 2.14. The normalized spacial score (nSPS) is 19.6. The van der Waals surface area contributed by atoms with Crippen LogP contribution in [0, 0.1) is 0 Å². The Bertz CT molecular complexity index is 397. The van der Waals surface area contributed by atoms with Gasteiger partial charge in [-0.05, 0) is 17.7 Å². The van der Waals surface area contributed by atoms with Crippen molar-refractivity contribution in [1.29, 1.82) is 0 Å².